The number of aryl methyl sites for hydroxylation is 3. The second-order valence-electron chi connectivity index (χ2n) is 6.63. The van der Waals surface area contributed by atoms with Crippen LogP contribution in [0.4, 0.5) is 11.5 Å². The summed E-state index contributed by atoms with van der Waals surface area (Å²) in [4.78, 5) is 20.8. The molecule has 5 nitrogen and oxygen atoms in total. The fourth-order valence-corrected chi connectivity index (χ4v) is 2.93. The Labute approximate surface area is 159 Å². The molecule has 1 aromatic heterocycles. The Morgan fingerprint density at radius 3 is 2.37 bits per heavy atom. The Bertz CT molecular complexity index is 872. The summed E-state index contributed by atoms with van der Waals surface area (Å²) in [6.07, 6.45) is 5.11. The first-order valence-electron chi connectivity index (χ1n) is 9.09. The Morgan fingerprint density at radius 2 is 1.70 bits per heavy atom. The summed E-state index contributed by atoms with van der Waals surface area (Å²) in [5.74, 6) is 0.411. The van der Waals surface area contributed by atoms with E-state index >= 15 is 0 Å². The van der Waals surface area contributed by atoms with E-state index in [0.717, 1.165) is 36.2 Å². The minimum absolute atomic E-state index is 0.261. The van der Waals surface area contributed by atoms with Gasteiger partial charge in [0.2, 0.25) is 0 Å². The Morgan fingerprint density at radius 1 is 0.963 bits per heavy atom. The highest BCUT2D eigenvalue weighted by atomic mass is 16.1. The molecule has 0 aliphatic carbocycles. The molecule has 0 bridgehead atoms. The standard InChI is InChI=1S/C22H24N4O/c1-16-11-17(2)13-19(12-16)26-22(27)20-14-25-21(15-24-20)23-10-6-9-18-7-4-3-5-8-18/h3-5,7-8,11-15H,6,9-10H2,1-2H3,(H,23,25)(H,26,27). The SMILES string of the molecule is Cc1cc(C)cc(NC(=O)c2cnc(NCCCc3ccccc3)cn2)c1. The number of hydrogen-bond acceptors (Lipinski definition) is 4. The molecule has 138 valence electrons. The van der Waals surface area contributed by atoms with Crippen LogP contribution in [0, 0.1) is 13.8 Å². The van der Waals surface area contributed by atoms with Crippen LogP contribution in [0.25, 0.3) is 0 Å². The van der Waals surface area contributed by atoms with Gasteiger partial charge in [0.1, 0.15) is 11.5 Å². The highest BCUT2D eigenvalue weighted by molar-refractivity contribution is 6.02. The van der Waals surface area contributed by atoms with Gasteiger partial charge in [-0.2, -0.15) is 0 Å². The van der Waals surface area contributed by atoms with E-state index in [-0.39, 0.29) is 5.91 Å². The van der Waals surface area contributed by atoms with Crippen molar-refractivity contribution >= 4 is 17.4 Å². The summed E-state index contributed by atoms with van der Waals surface area (Å²) in [5.41, 5.74) is 4.59. The van der Waals surface area contributed by atoms with E-state index in [1.54, 1.807) is 6.20 Å². The van der Waals surface area contributed by atoms with Crippen molar-refractivity contribution in [3.8, 4) is 0 Å². The molecular weight excluding hydrogens is 336 g/mol. The molecule has 1 heterocycles. The molecule has 5 heteroatoms. The van der Waals surface area contributed by atoms with E-state index in [0.29, 0.717) is 11.5 Å². The molecule has 0 unspecified atom stereocenters. The van der Waals surface area contributed by atoms with Gasteiger partial charge in [-0.3, -0.25) is 4.79 Å². The van der Waals surface area contributed by atoms with Crippen LogP contribution in [-0.4, -0.2) is 22.4 Å². The van der Waals surface area contributed by atoms with Crippen molar-refractivity contribution in [1.82, 2.24) is 9.97 Å². The molecule has 0 fully saturated rings. The maximum atomic E-state index is 12.3. The zero-order valence-electron chi connectivity index (χ0n) is 15.7. The second-order valence-corrected chi connectivity index (χ2v) is 6.63. The molecule has 3 aromatic rings. The van der Waals surface area contributed by atoms with Crippen molar-refractivity contribution in [3.63, 3.8) is 0 Å². The number of nitrogens with one attached hydrogen (secondary N) is 2. The van der Waals surface area contributed by atoms with Gasteiger partial charge in [-0.15, -0.1) is 0 Å². The van der Waals surface area contributed by atoms with Crippen LogP contribution in [-0.2, 0) is 6.42 Å². The maximum absolute atomic E-state index is 12.3. The number of benzene rings is 2. The number of amides is 1. The maximum Gasteiger partial charge on any atom is 0.275 e. The second kappa shape index (κ2) is 8.94. The van der Waals surface area contributed by atoms with E-state index in [9.17, 15) is 4.79 Å². The molecule has 0 spiro atoms. The predicted molar refractivity (Wildman–Crippen MR) is 109 cm³/mol. The number of carbonyl (C=O) groups excluding carboxylic acids is 1. The minimum Gasteiger partial charge on any atom is -0.369 e. The Hall–Kier alpha value is -3.21. The number of aromatic nitrogens is 2. The zero-order chi connectivity index (χ0) is 19.1. The summed E-state index contributed by atoms with van der Waals surface area (Å²) < 4.78 is 0. The predicted octanol–water partition coefficient (Wildman–Crippen LogP) is 4.39. The van der Waals surface area contributed by atoms with Crippen LogP contribution >= 0.6 is 0 Å². The van der Waals surface area contributed by atoms with E-state index in [1.807, 2.05) is 32.0 Å². The fraction of sp³-hybridized carbons (Fsp3) is 0.227. The molecule has 0 aliphatic rings. The van der Waals surface area contributed by atoms with Crippen molar-refractivity contribution < 1.29 is 4.79 Å². The minimum atomic E-state index is -0.261. The van der Waals surface area contributed by atoms with Gasteiger partial charge in [-0.05, 0) is 55.5 Å². The van der Waals surface area contributed by atoms with E-state index in [1.165, 1.54) is 11.8 Å². The molecule has 3 rings (SSSR count). The van der Waals surface area contributed by atoms with Gasteiger partial charge in [0.05, 0.1) is 12.4 Å². The Kier molecular flexibility index (Phi) is 6.15. The molecule has 2 aromatic carbocycles. The first-order chi connectivity index (χ1) is 13.1. The van der Waals surface area contributed by atoms with Crippen molar-refractivity contribution in [2.75, 3.05) is 17.2 Å². The van der Waals surface area contributed by atoms with Crippen molar-refractivity contribution in [2.45, 2.75) is 26.7 Å². The van der Waals surface area contributed by atoms with Gasteiger partial charge in [0.25, 0.3) is 5.91 Å². The normalized spacial score (nSPS) is 10.4. The number of anilines is 2. The number of hydrogen-bond donors (Lipinski definition) is 2. The first-order valence-corrected chi connectivity index (χ1v) is 9.09. The third kappa shape index (κ3) is 5.64. The van der Waals surface area contributed by atoms with Crippen LogP contribution < -0.4 is 10.6 Å². The number of nitrogens with zero attached hydrogens (tertiary/aromatic N) is 2. The van der Waals surface area contributed by atoms with Gasteiger partial charge in [-0.25, -0.2) is 9.97 Å². The lowest BCUT2D eigenvalue weighted by Gasteiger charge is -2.08. The zero-order valence-corrected chi connectivity index (χ0v) is 15.7. The van der Waals surface area contributed by atoms with Crippen LogP contribution in [0.1, 0.15) is 33.6 Å². The van der Waals surface area contributed by atoms with Gasteiger partial charge in [0.15, 0.2) is 0 Å². The fourth-order valence-electron chi connectivity index (χ4n) is 2.93. The highest BCUT2D eigenvalue weighted by Crippen LogP contribution is 2.14. The topological polar surface area (TPSA) is 66.9 Å². The van der Waals surface area contributed by atoms with Gasteiger partial charge in [0, 0.05) is 12.2 Å². The summed E-state index contributed by atoms with van der Waals surface area (Å²) >= 11 is 0. The van der Waals surface area contributed by atoms with Crippen molar-refractivity contribution in [3.05, 3.63) is 83.3 Å². The lowest BCUT2D eigenvalue weighted by atomic mass is 10.1. The average molecular weight is 360 g/mol. The van der Waals surface area contributed by atoms with Crippen LogP contribution in [0.2, 0.25) is 0 Å². The monoisotopic (exact) mass is 360 g/mol. The molecule has 0 atom stereocenters. The molecule has 1 amide bonds. The average Bonchev–Trinajstić information content (AvgIpc) is 2.66. The van der Waals surface area contributed by atoms with Gasteiger partial charge in [-0.1, -0.05) is 36.4 Å². The largest absolute Gasteiger partial charge is 0.369 e. The molecule has 0 saturated carbocycles. The molecule has 27 heavy (non-hydrogen) atoms. The Balaban J connectivity index is 1.49. The molecule has 0 aliphatic heterocycles. The molecule has 2 N–H and O–H groups in total. The van der Waals surface area contributed by atoms with Crippen LogP contribution in [0.5, 0.6) is 0 Å². The molecular formula is C22H24N4O. The van der Waals surface area contributed by atoms with Crippen LogP contribution in [0.15, 0.2) is 60.9 Å². The smallest absolute Gasteiger partial charge is 0.275 e. The van der Waals surface area contributed by atoms with Crippen molar-refractivity contribution in [1.29, 1.82) is 0 Å². The van der Waals surface area contributed by atoms with Crippen molar-refractivity contribution in [2.24, 2.45) is 0 Å². The number of rotatable bonds is 7. The molecule has 0 radical (unpaired) electrons. The quantitative estimate of drug-likeness (QED) is 0.613. The van der Waals surface area contributed by atoms with E-state index in [2.05, 4.69) is 50.9 Å². The highest BCUT2D eigenvalue weighted by Gasteiger charge is 2.09. The van der Waals surface area contributed by atoms with Gasteiger partial charge < -0.3 is 10.6 Å². The lowest BCUT2D eigenvalue weighted by molar-refractivity contribution is 0.102. The number of carbonyl (C=O) groups is 1. The van der Waals surface area contributed by atoms with Gasteiger partial charge >= 0.3 is 0 Å². The first kappa shape index (κ1) is 18.6. The summed E-state index contributed by atoms with van der Waals surface area (Å²) in [7, 11) is 0. The summed E-state index contributed by atoms with van der Waals surface area (Å²) in [6, 6.07) is 16.3. The molecule has 0 saturated heterocycles. The summed E-state index contributed by atoms with van der Waals surface area (Å²) in [5, 5.41) is 6.11. The van der Waals surface area contributed by atoms with E-state index < -0.39 is 0 Å². The third-order valence-electron chi connectivity index (χ3n) is 4.16. The summed E-state index contributed by atoms with van der Waals surface area (Å²) in [6.45, 7) is 4.80. The lowest BCUT2D eigenvalue weighted by Crippen LogP contribution is -2.15. The van der Waals surface area contributed by atoms with E-state index in [4.69, 9.17) is 0 Å². The third-order valence-corrected chi connectivity index (χ3v) is 4.16. The van der Waals surface area contributed by atoms with Crippen LogP contribution in [0.3, 0.4) is 0 Å².